The Labute approximate surface area is 125 Å². The van der Waals surface area contributed by atoms with Crippen molar-refractivity contribution in [3.8, 4) is 12.3 Å². The third-order valence-electron chi connectivity index (χ3n) is 2.16. The number of hydrogen-bond acceptors (Lipinski definition) is 6. The number of esters is 1. The molecule has 0 atom stereocenters. The minimum absolute atomic E-state index is 0.0569. The summed E-state index contributed by atoms with van der Waals surface area (Å²) in [7, 11) is 0. The molecule has 0 fully saturated rings. The Kier molecular flexibility index (Phi) is 6.77. The lowest BCUT2D eigenvalue weighted by Crippen LogP contribution is -2.29. The van der Waals surface area contributed by atoms with Crippen molar-refractivity contribution >= 4 is 29.3 Å². The first kappa shape index (κ1) is 16.5. The first-order valence-electron chi connectivity index (χ1n) is 5.76. The van der Waals surface area contributed by atoms with Crippen molar-refractivity contribution < 1.29 is 19.2 Å². The number of hydrogen-bond donors (Lipinski definition) is 1. The Morgan fingerprint density at radius 3 is 2.81 bits per heavy atom. The van der Waals surface area contributed by atoms with E-state index in [0.29, 0.717) is 4.90 Å². The van der Waals surface area contributed by atoms with Crippen molar-refractivity contribution in [1.29, 1.82) is 0 Å². The third kappa shape index (κ3) is 5.97. The highest BCUT2D eigenvalue weighted by molar-refractivity contribution is 8.00. The summed E-state index contributed by atoms with van der Waals surface area (Å²) in [5, 5.41) is 13.1. The van der Waals surface area contributed by atoms with Crippen molar-refractivity contribution in [3.63, 3.8) is 0 Å². The standard InChI is InChI=1S/C13H12N2O5S/c1-2-7-14-12(16)8-20-13(17)9-21-11-6-4-3-5-10(11)15(18)19/h1,3-6H,7-9H2,(H,14,16). The lowest BCUT2D eigenvalue weighted by atomic mass is 10.3. The first-order chi connectivity index (χ1) is 10.0. The summed E-state index contributed by atoms with van der Waals surface area (Å²) in [6.45, 7) is -0.376. The van der Waals surface area contributed by atoms with Crippen molar-refractivity contribution in [2.75, 3.05) is 18.9 Å². The van der Waals surface area contributed by atoms with E-state index in [2.05, 4.69) is 11.2 Å². The van der Waals surface area contributed by atoms with E-state index in [1.54, 1.807) is 6.07 Å². The highest BCUT2D eigenvalue weighted by Gasteiger charge is 2.15. The summed E-state index contributed by atoms with van der Waals surface area (Å²) in [5.41, 5.74) is -0.0814. The van der Waals surface area contributed by atoms with Crippen LogP contribution in [0.4, 0.5) is 5.69 Å². The van der Waals surface area contributed by atoms with Crippen LogP contribution in [0.2, 0.25) is 0 Å². The fourth-order valence-corrected chi connectivity index (χ4v) is 2.08. The Bertz CT molecular complexity index is 582. The van der Waals surface area contributed by atoms with Gasteiger partial charge in [0.25, 0.3) is 11.6 Å². The maximum absolute atomic E-state index is 11.4. The number of para-hydroxylation sites is 1. The molecular weight excluding hydrogens is 296 g/mol. The summed E-state index contributed by atoms with van der Waals surface area (Å²) in [4.78, 5) is 33.2. The molecule has 1 amide bonds. The van der Waals surface area contributed by atoms with Gasteiger partial charge in [-0.3, -0.25) is 19.7 Å². The summed E-state index contributed by atoms with van der Waals surface area (Å²) in [6.07, 6.45) is 4.95. The van der Waals surface area contributed by atoms with Crippen LogP contribution >= 0.6 is 11.8 Å². The molecule has 0 spiro atoms. The Hall–Kier alpha value is -2.53. The van der Waals surface area contributed by atoms with Crippen LogP contribution in [0, 0.1) is 22.5 Å². The molecule has 0 saturated heterocycles. The minimum atomic E-state index is -0.644. The number of rotatable bonds is 7. The summed E-state index contributed by atoms with van der Waals surface area (Å²) in [5.74, 6) is 0.930. The highest BCUT2D eigenvalue weighted by atomic mass is 32.2. The van der Waals surface area contributed by atoms with E-state index in [4.69, 9.17) is 11.2 Å². The number of ether oxygens (including phenoxy) is 1. The lowest BCUT2D eigenvalue weighted by Gasteiger charge is -2.05. The topological polar surface area (TPSA) is 98.5 Å². The monoisotopic (exact) mass is 308 g/mol. The van der Waals surface area contributed by atoms with Gasteiger partial charge in [-0.2, -0.15) is 0 Å². The van der Waals surface area contributed by atoms with Gasteiger partial charge in [-0.15, -0.1) is 18.2 Å². The number of terminal acetylenes is 1. The zero-order chi connectivity index (χ0) is 15.7. The fraction of sp³-hybridized carbons (Fsp3) is 0.231. The van der Waals surface area contributed by atoms with Crippen LogP contribution in [0.25, 0.3) is 0 Å². The summed E-state index contributed by atoms with van der Waals surface area (Å²) >= 11 is 0.973. The van der Waals surface area contributed by atoms with Gasteiger partial charge in [0.1, 0.15) is 0 Å². The molecule has 0 radical (unpaired) electrons. The van der Waals surface area contributed by atoms with E-state index in [1.807, 2.05) is 0 Å². The molecule has 0 heterocycles. The normalized spacial score (nSPS) is 9.48. The van der Waals surface area contributed by atoms with E-state index in [9.17, 15) is 19.7 Å². The zero-order valence-electron chi connectivity index (χ0n) is 10.9. The maximum Gasteiger partial charge on any atom is 0.316 e. The quantitative estimate of drug-likeness (QED) is 0.265. The van der Waals surface area contributed by atoms with Crippen LogP contribution in [0.1, 0.15) is 0 Å². The smallest absolute Gasteiger partial charge is 0.316 e. The number of nitrogens with one attached hydrogen (secondary N) is 1. The van der Waals surface area contributed by atoms with Crippen LogP contribution in [-0.4, -0.2) is 35.7 Å². The molecule has 0 bridgehead atoms. The second kappa shape index (κ2) is 8.60. The second-order valence-corrected chi connectivity index (χ2v) is 4.67. The average Bonchev–Trinajstić information content (AvgIpc) is 2.48. The van der Waals surface area contributed by atoms with Crippen LogP contribution in [0.3, 0.4) is 0 Å². The van der Waals surface area contributed by atoms with Gasteiger partial charge in [-0.1, -0.05) is 18.1 Å². The van der Waals surface area contributed by atoms with Crippen LogP contribution in [-0.2, 0) is 14.3 Å². The number of amides is 1. The number of carbonyl (C=O) groups is 2. The Morgan fingerprint density at radius 1 is 1.43 bits per heavy atom. The molecule has 1 aromatic carbocycles. The molecular formula is C13H12N2O5S. The fourth-order valence-electron chi connectivity index (χ4n) is 1.26. The van der Waals surface area contributed by atoms with Crippen LogP contribution < -0.4 is 5.32 Å². The Morgan fingerprint density at radius 2 is 2.14 bits per heavy atom. The molecule has 0 aliphatic carbocycles. The van der Waals surface area contributed by atoms with Crippen molar-refractivity contribution in [2.45, 2.75) is 4.90 Å². The minimum Gasteiger partial charge on any atom is -0.455 e. The number of nitro benzene ring substituents is 1. The molecule has 0 unspecified atom stereocenters. The molecule has 1 rings (SSSR count). The molecule has 0 aliphatic heterocycles. The largest absolute Gasteiger partial charge is 0.455 e. The van der Waals surface area contributed by atoms with Gasteiger partial charge >= 0.3 is 5.97 Å². The van der Waals surface area contributed by atoms with Gasteiger partial charge in [0.2, 0.25) is 0 Å². The van der Waals surface area contributed by atoms with Gasteiger partial charge in [0, 0.05) is 6.07 Å². The van der Waals surface area contributed by atoms with Gasteiger partial charge in [-0.05, 0) is 6.07 Å². The van der Waals surface area contributed by atoms with E-state index in [-0.39, 0.29) is 18.0 Å². The molecule has 0 saturated carbocycles. The zero-order valence-corrected chi connectivity index (χ0v) is 11.7. The molecule has 21 heavy (non-hydrogen) atoms. The summed E-state index contributed by atoms with van der Waals surface area (Å²) < 4.78 is 4.71. The maximum atomic E-state index is 11.4. The van der Waals surface area contributed by atoms with E-state index in [0.717, 1.165) is 11.8 Å². The predicted molar refractivity (Wildman–Crippen MR) is 76.6 cm³/mol. The van der Waals surface area contributed by atoms with Crippen molar-refractivity contribution in [2.24, 2.45) is 0 Å². The molecule has 0 aromatic heterocycles. The molecule has 1 aromatic rings. The number of benzene rings is 1. The first-order valence-corrected chi connectivity index (χ1v) is 6.75. The van der Waals surface area contributed by atoms with Crippen molar-refractivity contribution in [1.82, 2.24) is 5.32 Å². The predicted octanol–water partition coefficient (Wildman–Crippen LogP) is 0.979. The molecule has 0 aliphatic rings. The molecule has 7 nitrogen and oxygen atoms in total. The van der Waals surface area contributed by atoms with Crippen LogP contribution in [0.5, 0.6) is 0 Å². The molecule has 8 heteroatoms. The lowest BCUT2D eigenvalue weighted by molar-refractivity contribution is -0.387. The number of nitro groups is 1. The average molecular weight is 308 g/mol. The molecule has 110 valence electrons. The number of carbonyl (C=O) groups excluding carboxylic acids is 2. The molecule has 1 N–H and O–H groups in total. The van der Waals surface area contributed by atoms with Crippen molar-refractivity contribution in [3.05, 3.63) is 34.4 Å². The van der Waals surface area contributed by atoms with E-state index < -0.39 is 23.4 Å². The van der Waals surface area contributed by atoms with Gasteiger partial charge in [-0.25, -0.2) is 0 Å². The summed E-state index contributed by atoms with van der Waals surface area (Å²) in [6, 6.07) is 6.06. The van der Waals surface area contributed by atoms with E-state index in [1.165, 1.54) is 18.2 Å². The van der Waals surface area contributed by atoms with Gasteiger partial charge < -0.3 is 10.1 Å². The van der Waals surface area contributed by atoms with Crippen LogP contribution in [0.15, 0.2) is 29.2 Å². The van der Waals surface area contributed by atoms with Gasteiger partial charge in [0.15, 0.2) is 6.61 Å². The number of nitrogens with zero attached hydrogens (tertiary/aromatic N) is 1. The SMILES string of the molecule is C#CCNC(=O)COC(=O)CSc1ccccc1[N+](=O)[O-]. The highest BCUT2D eigenvalue weighted by Crippen LogP contribution is 2.28. The second-order valence-electron chi connectivity index (χ2n) is 3.66. The Balaban J connectivity index is 2.42. The van der Waals surface area contributed by atoms with Gasteiger partial charge in [0.05, 0.1) is 22.1 Å². The van der Waals surface area contributed by atoms with E-state index >= 15 is 0 Å². The number of thioether (sulfide) groups is 1. The third-order valence-corrected chi connectivity index (χ3v) is 3.20.